The van der Waals surface area contributed by atoms with Gasteiger partial charge in [0.15, 0.2) is 11.5 Å². The minimum atomic E-state index is -0.370. The van der Waals surface area contributed by atoms with Crippen LogP contribution in [0.25, 0.3) is 0 Å². The molecule has 0 fully saturated rings. The fraction of sp³-hybridized carbons (Fsp3) is 0.556. The van der Waals surface area contributed by atoms with E-state index in [1.807, 2.05) is 13.8 Å². The van der Waals surface area contributed by atoms with Gasteiger partial charge in [-0.3, -0.25) is 13.9 Å². The Morgan fingerprint density at radius 3 is 2.40 bits per heavy atom. The van der Waals surface area contributed by atoms with Crippen molar-refractivity contribution >= 4 is 11.5 Å². The second-order valence-electron chi connectivity index (χ2n) is 4.02. The SMILES string of the molecule is CC(C)Cn1c2c(c(=O)n(C)c1=O)N=N2. The minimum Gasteiger partial charge on any atom is -0.274 e. The number of rotatable bonds is 2. The monoisotopic (exact) mass is 208 g/mol. The molecule has 1 aromatic heterocycles. The van der Waals surface area contributed by atoms with E-state index in [1.165, 1.54) is 11.6 Å². The molecule has 0 radical (unpaired) electrons. The van der Waals surface area contributed by atoms with Crippen LogP contribution in [0.5, 0.6) is 0 Å². The van der Waals surface area contributed by atoms with Crippen LogP contribution in [0.4, 0.5) is 11.5 Å². The molecule has 0 unspecified atom stereocenters. The second-order valence-corrected chi connectivity index (χ2v) is 4.02. The Balaban J connectivity index is 2.68. The third kappa shape index (κ3) is 1.33. The van der Waals surface area contributed by atoms with Gasteiger partial charge in [-0.25, -0.2) is 4.79 Å². The molecule has 0 aromatic carbocycles. The topological polar surface area (TPSA) is 68.7 Å². The maximum atomic E-state index is 11.8. The van der Waals surface area contributed by atoms with Gasteiger partial charge in [0.25, 0.3) is 5.56 Å². The van der Waals surface area contributed by atoms with Gasteiger partial charge in [-0.2, -0.15) is 0 Å². The Morgan fingerprint density at radius 2 is 1.93 bits per heavy atom. The molecule has 6 heteroatoms. The Labute approximate surface area is 85.9 Å². The van der Waals surface area contributed by atoms with Crippen molar-refractivity contribution in [2.45, 2.75) is 20.4 Å². The van der Waals surface area contributed by atoms with Crippen molar-refractivity contribution in [3.8, 4) is 0 Å². The van der Waals surface area contributed by atoms with E-state index in [9.17, 15) is 9.59 Å². The van der Waals surface area contributed by atoms with Crippen LogP contribution in [-0.2, 0) is 13.6 Å². The van der Waals surface area contributed by atoms with E-state index in [0.717, 1.165) is 4.57 Å². The predicted molar refractivity (Wildman–Crippen MR) is 55.0 cm³/mol. The third-order valence-corrected chi connectivity index (χ3v) is 2.28. The first-order valence-electron chi connectivity index (χ1n) is 4.78. The highest BCUT2D eigenvalue weighted by Gasteiger charge is 2.22. The van der Waals surface area contributed by atoms with Crippen LogP contribution in [0.15, 0.2) is 19.8 Å². The summed E-state index contributed by atoms with van der Waals surface area (Å²) in [5.74, 6) is 0.733. The Kier molecular flexibility index (Phi) is 2.06. The van der Waals surface area contributed by atoms with Crippen LogP contribution in [0.2, 0.25) is 0 Å². The van der Waals surface area contributed by atoms with Crippen molar-refractivity contribution in [2.75, 3.05) is 0 Å². The maximum absolute atomic E-state index is 11.8. The zero-order valence-corrected chi connectivity index (χ0v) is 8.89. The lowest BCUT2D eigenvalue weighted by atomic mass is 10.2. The Bertz CT molecular complexity index is 550. The summed E-state index contributed by atoms with van der Waals surface area (Å²) in [4.78, 5) is 23.3. The first-order valence-corrected chi connectivity index (χ1v) is 4.78. The van der Waals surface area contributed by atoms with Crippen LogP contribution in [0.1, 0.15) is 13.8 Å². The van der Waals surface area contributed by atoms with E-state index in [1.54, 1.807) is 0 Å². The van der Waals surface area contributed by atoms with Crippen molar-refractivity contribution < 1.29 is 0 Å². The summed E-state index contributed by atoms with van der Waals surface area (Å²) in [5, 5.41) is 7.36. The fourth-order valence-corrected chi connectivity index (χ4v) is 1.51. The van der Waals surface area contributed by atoms with Crippen LogP contribution in [-0.4, -0.2) is 9.13 Å². The van der Waals surface area contributed by atoms with Gasteiger partial charge >= 0.3 is 5.69 Å². The van der Waals surface area contributed by atoms with Crippen LogP contribution in [0, 0.1) is 5.92 Å². The molecular weight excluding hydrogens is 196 g/mol. The minimum absolute atomic E-state index is 0.290. The summed E-state index contributed by atoms with van der Waals surface area (Å²) in [6.07, 6.45) is 0. The first-order chi connectivity index (χ1) is 7.02. The molecule has 0 N–H and O–H groups in total. The number of hydrogen-bond donors (Lipinski definition) is 0. The number of hydrogen-bond acceptors (Lipinski definition) is 4. The van der Waals surface area contributed by atoms with Crippen LogP contribution >= 0.6 is 0 Å². The highest BCUT2D eigenvalue weighted by molar-refractivity contribution is 5.60. The Morgan fingerprint density at radius 1 is 1.27 bits per heavy atom. The van der Waals surface area contributed by atoms with Gasteiger partial charge in [0.1, 0.15) is 0 Å². The molecule has 15 heavy (non-hydrogen) atoms. The van der Waals surface area contributed by atoms with Gasteiger partial charge in [-0.15, -0.1) is 10.2 Å². The molecule has 1 aliphatic heterocycles. The highest BCUT2D eigenvalue weighted by Crippen LogP contribution is 2.32. The zero-order chi connectivity index (χ0) is 11.2. The highest BCUT2D eigenvalue weighted by atomic mass is 16.2. The van der Waals surface area contributed by atoms with Crippen molar-refractivity contribution in [3.05, 3.63) is 20.8 Å². The molecule has 0 saturated carbocycles. The van der Waals surface area contributed by atoms with Crippen molar-refractivity contribution in [1.82, 2.24) is 9.13 Å². The molecular formula is C9H12N4O2. The summed E-state index contributed by atoms with van der Waals surface area (Å²) in [6, 6.07) is 0. The summed E-state index contributed by atoms with van der Waals surface area (Å²) >= 11 is 0. The van der Waals surface area contributed by atoms with Gasteiger partial charge in [0, 0.05) is 13.6 Å². The molecule has 0 aliphatic carbocycles. The predicted octanol–water partition coefficient (Wildman–Crippen LogP) is 0.932. The van der Waals surface area contributed by atoms with Crippen molar-refractivity contribution in [1.29, 1.82) is 0 Å². The first kappa shape index (κ1) is 9.82. The molecule has 80 valence electrons. The smallest absolute Gasteiger partial charge is 0.274 e. The average molecular weight is 208 g/mol. The van der Waals surface area contributed by atoms with Crippen molar-refractivity contribution in [3.63, 3.8) is 0 Å². The van der Waals surface area contributed by atoms with E-state index in [4.69, 9.17) is 0 Å². The summed E-state index contributed by atoms with van der Waals surface area (Å²) < 4.78 is 2.56. The lowest BCUT2D eigenvalue weighted by Gasteiger charge is -2.17. The second kappa shape index (κ2) is 3.15. The summed E-state index contributed by atoms with van der Waals surface area (Å²) in [7, 11) is 1.45. The number of fused-ring (bicyclic) bond motifs is 1. The van der Waals surface area contributed by atoms with E-state index in [2.05, 4.69) is 10.2 Å². The molecule has 0 spiro atoms. The lowest BCUT2D eigenvalue weighted by molar-refractivity contribution is 0.486. The molecule has 0 atom stereocenters. The lowest BCUT2D eigenvalue weighted by Crippen LogP contribution is -2.39. The normalized spacial score (nSPS) is 12.8. The quantitative estimate of drug-likeness (QED) is 0.736. The molecule has 6 nitrogen and oxygen atoms in total. The Hall–Kier alpha value is -1.72. The summed E-state index contributed by atoms with van der Waals surface area (Å²) in [5.41, 5.74) is -0.408. The van der Waals surface area contributed by atoms with E-state index >= 15 is 0 Å². The largest absolute Gasteiger partial charge is 0.332 e. The third-order valence-electron chi connectivity index (χ3n) is 2.28. The number of azo groups is 1. The van der Waals surface area contributed by atoms with E-state index in [-0.39, 0.29) is 16.9 Å². The van der Waals surface area contributed by atoms with Gasteiger partial charge in [0.2, 0.25) is 0 Å². The van der Waals surface area contributed by atoms with Crippen LogP contribution < -0.4 is 11.2 Å². The molecule has 2 rings (SSSR count). The average Bonchev–Trinajstić information content (AvgIpc) is 2.10. The molecule has 0 amide bonds. The van der Waals surface area contributed by atoms with Gasteiger partial charge in [-0.1, -0.05) is 13.8 Å². The molecule has 2 heterocycles. The van der Waals surface area contributed by atoms with Crippen molar-refractivity contribution in [2.24, 2.45) is 23.2 Å². The van der Waals surface area contributed by atoms with E-state index in [0.29, 0.717) is 18.3 Å². The van der Waals surface area contributed by atoms with Gasteiger partial charge in [-0.05, 0) is 5.92 Å². The van der Waals surface area contributed by atoms with Crippen LogP contribution in [0.3, 0.4) is 0 Å². The molecule has 1 aromatic rings. The maximum Gasteiger partial charge on any atom is 0.332 e. The van der Waals surface area contributed by atoms with Gasteiger partial charge in [0.05, 0.1) is 0 Å². The molecule has 1 aliphatic rings. The standard InChI is InChI=1S/C9H12N4O2/c1-5(2)4-13-7-6(10-11-7)8(14)12(3)9(13)15/h5H,4H2,1-3H3. The van der Waals surface area contributed by atoms with Gasteiger partial charge < -0.3 is 0 Å². The number of nitrogens with zero attached hydrogens (tertiary/aromatic N) is 4. The van der Waals surface area contributed by atoms with E-state index < -0.39 is 0 Å². The number of aromatic nitrogens is 2. The summed E-state index contributed by atoms with van der Waals surface area (Å²) in [6.45, 7) is 4.55. The zero-order valence-electron chi connectivity index (χ0n) is 8.89. The molecule has 0 saturated heterocycles. The fourth-order valence-electron chi connectivity index (χ4n) is 1.51. The molecule has 0 bridgehead atoms.